The summed E-state index contributed by atoms with van der Waals surface area (Å²) < 4.78 is 8.53. The second-order valence-corrected chi connectivity index (χ2v) is 9.91. The lowest BCUT2D eigenvalue weighted by Gasteiger charge is -2.22. The van der Waals surface area contributed by atoms with Crippen molar-refractivity contribution in [3.8, 4) is 5.75 Å². The van der Waals surface area contributed by atoms with Gasteiger partial charge in [0.05, 0.1) is 15.6 Å². The number of aromatic nitrogens is 2. The summed E-state index contributed by atoms with van der Waals surface area (Å²) in [5.41, 5.74) is 4.25. The van der Waals surface area contributed by atoms with E-state index in [2.05, 4.69) is 29.8 Å². The minimum absolute atomic E-state index is 0.0850. The van der Waals surface area contributed by atoms with Crippen molar-refractivity contribution in [2.75, 3.05) is 18.0 Å². The molecule has 0 fully saturated rings. The first-order chi connectivity index (χ1) is 17.0. The minimum atomic E-state index is -0.0850. The number of rotatable bonds is 7. The fourth-order valence-corrected chi connectivity index (χ4v) is 5.54. The third-order valence-electron chi connectivity index (χ3n) is 5.96. The Balaban J connectivity index is 1.59. The molecule has 0 aliphatic rings. The number of hydrogen-bond acceptors (Lipinski definition) is 5. The second-order valence-electron chi connectivity index (χ2n) is 8.05. The molecule has 0 saturated heterocycles. The van der Waals surface area contributed by atoms with Gasteiger partial charge < -0.3 is 9.64 Å². The molecule has 0 N–H and O–H groups in total. The molecule has 0 aliphatic heterocycles. The van der Waals surface area contributed by atoms with Crippen LogP contribution in [0.1, 0.15) is 25.0 Å². The maximum Gasteiger partial charge on any atom is 0.274 e. The van der Waals surface area contributed by atoms with Gasteiger partial charge in [0.15, 0.2) is 4.96 Å². The molecule has 178 valence electrons. The number of fused-ring (bicyclic) bond motifs is 3. The standard InChI is InChI=1S/C27H23Cl2N3O2S/c1-3-31(4-2)20-12-10-17(24(15-20)34-16-18-9-11-19(28)14-21(18)29)13-25-26(33)32-23-8-6-5-7-22(23)30-27(32)35-25/h5-15H,3-4,16H2,1-2H3/b25-13-. The normalized spacial score (nSPS) is 12.1. The third-order valence-corrected chi connectivity index (χ3v) is 7.51. The molecule has 8 heteroatoms. The SMILES string of the molecule is CCN(CC)c1ccc(/C=c2\sc3nc4ccccc4n3c2=O)c(OCc2ccc(Cl)cc2Cl)c1. The predicted octanol–water partition coefficient (Wildman–Crippen LogP) is 6.19. The van der Waals surface area contributed by atoms with Gasteiger partial charge in [0.2, 0.25) is 0 Å². The van der Waals surface area contributed by atoms with Crippen LogP contribution in [0.4, 0.5) is 5.69 Å². The van der Waals surface area contributed by atoms with Crippen LogP contribution in [0.5, 0.6) is 5.75 Å². The zero-order valence-corrected chi connectivity index (χ0v) is 21.6. The summed E-state index contributed by atoms with van der Waals surface area (Å²) in [4.78, 5) is 20.8. The average Bonchev–Trinajstić information content (AvgIpc) is 3.36. The van der Waals surface area contributed by atoms with Crippen molar-refractivity contribution in [2.24, 2.45) is 0 Å². The van der Waals surface area contributed by atoms with Gasteiger partial charge in [-0.05, 0) is 56.3 Å². The largest absolute Gasteiger partial charge is 0.488 e. The summed E-state index contributed by atoms with van der Waals surface area (Å²) in [7, 11) is 0. The maximum atomic E-state index is 13.3. The summed E-state index contributed by atoms with van der Waals surface area (Å²) in [5, 5.41) is 1.13. The van der Waals surface area contributed by atoms with E-state index in [4.69, 9.17) is 27.9 Å². The Morgan fingerprint density at radius 2 is 1.86 bits per heavy atom. The van der Waals surface area contributed by atoms with Crippen LogP contribution >= 0.6 is 34.5 Å². The maximum absolute atomic E-state index is 13.3. The first kappa shape index (κ1) is 23.7. The van der Waals surface area contributed by atoms with E-state index in [9.17, 15) is 4.79 Å². The van der Waals surface area contributed by atoms with Crippen LogP contribution in [0.25, 0.3) is 22.1 Å². The Morgan fingerprint density at radius 1 is 1.06 bits per heavy atom. The highest BCUT2D eigenvalue weighted by molar-refractivity contribution is 7.15. The second kappa shape index (κ2) is 9.90. The molecule has 2 heterocycles. The highest BCUT2D eigenvalue weighted by Gasteiger charge is 2.13. The van der Waals surface area contributed by atoms with E-state index in [1.54, 1.807) is 16.5 Å². The summed E-state index contributed by atoms with van der Waals surface area (Å²) in [6.45, 7) is 6.27. The summed E-state index contributed by atoms with van der Waals surface area (Å²) in [6.07, 6.45) is 1.88. The Hall–Kier alpha value is -3.06. The number of imidazole rings is 1. The monoisotopic (exact) mass is 523 g/mol. The third kappa shape index (κ3) is 4.61. The van der Waals surface area contributed by atoms with Crippen molar-refractivity contribution >= 4 is 62.3 Å². The Labute approximate surface area is 216 Å². The molecule has 2 aromatic heterocycles. The Kier molecular flexibility index (Phi) is 6.69. The Bertz CT molecular complexity index is 1640. The minimum Gasteiger partial charge on any atom is -0.488 e. The van der Waals surface area contributed by atoms with Gasteiger partial charge in [0.1, 0.15) is 12.4 Å². The number of para-hydroxylation sites is 2. The fraction of sp³-hybridized carbons (Fsp3) is 0.185. The van der Waals surface area contributed by atoms with E-state index in [1.165, 1.54) is 11.3 Å². The van der Waals surface area contributed by atoms with Gasteiger partial charge in [0, 0.05) is 46.0 Å². The summed E-state index contributed by atoms with van der Waals surface area (Å²) in [5.74, 6) is 0.677. The molecule has 0 atom stereocenters. The van der Waals surface area contributed by atoms with E-state index in [0.29, 0.717) is 25.3 Å². The zero-order chi connectivity index (χ0) is 24.5. The van der Waals surface area contributed by atoms with Crippen LogP contribution in [0.15, 0.2) is 65.5 Å². The van der Waals surface area contributed by atoms with Crippen molar-refractivity contribution < 1.29 is 4.74 Å². The van der Waals surface area contributed by atoms with Gasteiger partial charge in [-0.25, -0.2) is 9.38 Å². The number of nitrogens with zero attached hydrogens (tertiary/aromatic N) is 3. The fourth-order valence-electron chi connectivity index (χ4n) is 4.10. The van der Waals surface area contributed by atoms with Gasteiger partial charge in [-0.3, -0.25) is 4.79 Å². The lowest BCUT2D eigenvalue weighted by molar-refractivity contribution is 0.305. The zero-order valence-electron chi connectivity index (χ0n) is 19.3. The molecule has 5 aromatic rings. The number of hydrogen-bond donors (Lipinski definition) is 0. The van der Waals surface area contributed by atoms with Gasteiger partial charge >= 0.3 is 0 Å². The van der Waals surface area contributed by atoms with Gasteiger partial charge in [0.25, 0.3) is 5.56 Å². The van der Waals surface area contributed by atoms with Crippen LogP contribution < -0.4 is 19.7 Å². The van der Waals surface area contributed by atoms with E-state index >= 15 is 0 Å². The van der Waals surface area contributed by atoms with E-state index in [-0.39, 0.29) is 12.2 Å². The molecule has 0 radical (unpaired) electrons. The lowest BCUT2D eigenvalue weighted by atomic mass is 10.1. The molecule has 5 rings (SSSR count). The molecular formula is C27H23Cl2N3O2S. The molecule has 0 spiro atoms. The van der Waals surface area contributed by atoms with Crippen molar-refractivity contribution in [1.82, 2.24) is 9.38 Å². The molecule has 0 saturated carbocycles. The average molecular weight is 524 g/mol. The first-order valence-corrected chi connectivity index (χ1v) is 12.9. The molecule has 0 amide bonds. The number of anilines is 1. The summed E-state index contributed by atoms with van der Waals surface area (Å²) >= 11 is 13.8. The smallest absolute Gasteiger partial charge is 0.274 e. The van der Waals surface area contributed by atoms with E-state index < -0.39 is 0 Å². The topological polar surface area (TPSA) is 46.8 Å². The number of thiazole rings is 1. The quantitative estimate of drug-likeness (QED) is 0.255. The van der Waals surface area contributed by atoms with Crippen molar-refractivity contribution in [1.29, 1.82) is 0 Å². The van der Waals surface area contributed by atoms with Crippen LogP contribution in [-0.2, 0) is 6.61 Å². The van der Waals surface area contributed by atoms with Gasteiger partial charge in [-0.2, -0.15) is 0 Å². The van der Waals surface area contributed by atoms with Crippen molar-refractivity contribution in [3.63, 3.8) is 0 Å². The molecule has 5 nitrogen and oxygen atoms in total. The van der Waals surface area contributed by atoms with Gasteiger partial charge in [-0.1, -0.05) is 52.7 Å². The molecular weight excluding hydrogens is 501 g/mol. The van der Waals surface area contributed by atoms with Gasteiger partial charge in [-0.15, -0.1) is 0 Å². The van der Waals surface area contributed by atoms with E-state index in [1.807, 2.05) is 48.5 Å². The highest BCUT2D eigenvalue weighted by Crippen LogP contribution is 2.29. The Morgan fingerprint density at radius 3 is 2.63 bits per heavy atom. The molecule has 35 heavy (non-hydrogen) atoms. The molecule has 3 aromatic carbocycles. The van der Waals surface area contributed by atoms with Crippen LogP contribution in [0.2, 0.25) is 10.0 Å². The number of halogens is 2. The number of ether oxygens (including phenoxy) is 1. The lowest BCUT2D eigenvalue weighted by Crippen LogP contribution is -2.23. The van der Waals surface area contributed by atoms with Crippen LogP contribution in [-0.4, -0.2) is 22.5 Å². The molecule has 0 bridgehead atoms. The van der Waals surface area contributed by atoms with E-state index in [0.717, 1.165) is 40.9 Å². The van der Waals surface area contributed by atoms with Crippen LogP contribution in [0, 0.1) is 0 Å². The van der Waals surface area contributed by atoms with Crippen LogP contribution in [0.3, 0.4) is 0 Å². The number of benzene rings is 3. The van der Waals surface area contributed by atoms with Crippen molar-refractivity contribution in [2.45, 2.75) is 20.5 Å². The van der Waals surface area contributed by atoms with Crippen molar-refractivity contribution in [3.05, 3.63) is 96.7 Å². The first-order valence-electron chi connectivity index (χ1n) is 11.4. The highest BCUT2D eigenvalue weighted by atomic mass is 35.5. The summed E-state index contributed by atoms with van der Waals surface area (Å²) in [6, 6.07) is 19.1. The molecule has 0 aliphatic carbocycles. The molecule has 0 unspecified atom stereocenters. The predicted molar refractivity (Wildman–Crippen MR) is 146 cm³/mol.